The summed E-state index contributed by atoms with van der Waals surface area (Å²) < 4.78 is 37.5. The van der Waals surface area contributed by atoms with Crippen LogP contribution in [0.15, 0.2) is 54.9 Å². The van der Waals surface area contributed by atoms with Gasteiger partial charge < -0.3 is 4.90 Å². The standard InChI is InChI=1S/C17H15F3N2O/c1-22(16(23)9-6-13-3-2-10-21-11-13)12-14-4-7-15(8-5-14)17(18,19)20/h2-11H,12H2,1H3/b9-6+. The van der Waals surface area contributed by atoms with E-state index in [1.807, 2.05) is 6.07 Å². The quantitative estimate of drug-likeness (QED) is 0.804. The topological polar surface area (TPSA) is 33.2 Å². The van der Waals surface area contributed by atoms with Gasteiger partial charge in [0.25, 0.3) is 0 Å². The first-order valence-corrected chi connectivity index (χ1v) is 6.85. The summed E-state index contributed by atoms with van der Waals surface area (Å²) >= 11 is 0. The molecule has 0 N–H and O–H groups in total. The summed E-state index contributed by atoms with van der Waals surface area (Å²) in [7, 11) is 1.59. The molecule has 1 heterocycles. The first kappa shape index (κ1) is 16.7. The lowest BCUT2D eigenvalue weighted by Crippen LogP contribution is -2.24. The highest BCUT2D eigenvalue weighted by molar-refractivity contribution is 5.91. The largest absolute Gasteiger partial charge is 0.416 e. The zero-order valence-corrected chi connectivity index (χ0v) is 12.4. The summed E-state index contributed by atoms with van der Waals surface area (Å²) in [5.41, 5.74) is 0.721. The van der Waals surface area contributed by atoms with Gasteiger partial charge in [-0.05, 0) is 35.4 Å². The Bertz CT molecular complexity index is 679. The van der Waals surface area contributed by atoms with Crippen LogP contribution in [-0.4, -0.2) is 22.8 Å². The number of likely N-dealkylation sites (N-methyl/N-ethyl adjacent to an activating group) is 1. The van der Waals surface area contributed by atoms with Gasteiger partial charge in [-0.3, -0.25) is 9.78 Å². The molecule has 0 bridgehead atoms. The number of pyridine rings is 1. The molecule has 120 valence electrons. The summed E-state index contributed by atoms with van der Waals surface area (Å²) in [5.74, 6) is -0.242. The third-order valence-corrected chi connectivity index (χ3v) is 3.18. The van der Waals surface area contributed by atoms with Crippen LogP contribution in [0.2, 0.25) is 0 Å². The minimum absolute atomic E-state index is 0.231. The number of aromatic nitrogens is 1. The molecule has 0 fully saturated rings. The second-order valence-corrected chi connectivity index (χ2v) is 5.01. The van der Waals surface area contributed by atoms with Gasteiger partial charge >= 0.3 is 6.18 Å². The maximum atomic E-state index is 12.5. The number of alkyl halides is 3. The van der Waals surface area contributed by atoms with Gasteiger partial charge in [0, 0.05) is 32.1 Å². The Kier molecular flexibility index (Phi) is 5.16. The molecule has 0 saturated carbocycles. The Hall–Kier alpha value is -2.63. The van der Waals surface area contributed by atoms with Crippen molar-refractivity contribution in [1.29, 1.82) is 0 Å². The van der Waals surface area contributed by atoms with E-state index in [9.17, 15) is 18.0 Å². The van der Waals surface area contributed by atoms with Crippen LogP contribution in [0.1, 0.15) is 16.7 Å². The van der Waals surface area contributed by atoms with Gasteiger partial charge in [0.05, 0.1) is 5.56 Å². The van der Waals surface area contributed by atoms with Crippen LogP contribution < -0.4 is 0 Å². The Morgan fingerprint density at radius 3 is 2.48 bits per heavy atom. The molecule has 3 nitrogen and oxygen atoms in total. The average Bonchev–Trinajstić information content (AvgIpc) is 2.53. The molecule has 1 amide bonds. The predicted octanol–water partition coefficient (Wildman–Crippen LogP) is 3.77. The molecule has 2 aromatic rings. The number of amides is 1. The number of benzene rings is 1. The van der Waals surface area contributed by atoms with Crippen LogP contribution in [0.5, 0.6) is 0 Å². The van der Waals surface area contributed by atoms with Crippen LogP contribution in [0.3, 0.4) is 0 Å². The van der Waals surface area contributed by atoms with Gasteiger partial charge in [-0.15, -0.1) is 0 Å². The van der Waals surface area contributed by atoms with Crippen LogP contribution in [0.4, 0.5) is 13.2 Å². The van der Waals surface area contributed by atoms with Crippen molar-refractivity contribution in [3.63, 3.8) is 0 Å². The molecule has 2 rings (SSSR count). The minimum Gasteiger partial charge on any atom is -0.338 e. The first-order valence-electron chi connectivity index (χ1n) is 6.85. The average molecular weight is 320 g/mol. The summed E-state index contributed by atoms with van der Waals surface area (Å²) in [4.78, 5) is 17.3. The molecule has 0 radical (unpaired) electrons. The second-order valence-electron chi connectivity index (χ2n) is 5.01. The van der Waals surface area contributed by atoms with E-state index in [1.165, 1.54) is 23.1 Å². The number of nitrogens with zero attached hydrogens (tertiary/aromatic N) is 2. The molecular formula is C17H15F3N2O. The molecule has 0 aliphatic carbocycles. The van der Waals surface area contributed by atoms with E-state index in [1.54, 1.807) is 31.6 Å². The number of hydrogen-bond donors (Lipinski definition) is 0. The number of rotatable bonds is 4. The Morgan fingerprint density at radius 2 is 1.91 bits per heavy atom. The highest BCUT2D eigenvalue weighted by Gasteiger charge is 2.29. The number of carbonyl (C=O) groups excluding carboxylic acids is 1. The maximum absolute atomic E-state index is 12.5. The molecule has 6 heteroatoms. The highest BCUT2D eigenvalue weighted by Crippen LogP contribution is 2.29. The van der Waals surface area contributed by atoms with Gasteiger partial charge in [-0.2, -0.15) is 13.2 Å². The summed E-state index contributed by atoms with van der Waals surface area (Å²) in [6, 6.07) is 8.34. The number of hydrogen-bond acceptors (Lipinski definition) is 2. The third kappa shape index (κ3) is 4.95. The fourth-order valence-electron chi connectivity index (χ4n) is 1.92. The maximum Gasteiger partial charge on any atom is 0.416 e. The number of halogens is 3. The fraction of sp³-hybridized carbons (Fsp3) is 0.176. The highest BCUT2D eigenvalue weighted by atomic mass is 19.4. The van der Waals surface area contributed by atoms with E-state index in [-0.39, 0.29) is 12.5 Å². The minimum atomic E-state index is -4.35. The van der Waals surface area contributed by atoms with Crippen LogP contribution in [0, 0.1) is 0 Å². The van der Waals surface area contributed by atoms with Crippen molar-refractivity contribution in [2.24, 2.45) is 0 Å². The SMILES string of the molecule is CN(Cc1ccc(C(F)(F)F)cc1)C(=O)/C=C/c1cccnc1. The van der Waals surface area contributed by atoms with Gasteiger partial charge in [0.15, 0.2) is 0 Å². The lowest BCUT2D eigenvalue weighted by molar-refractivity contribution is -0.137. The number of carbonyl (C=O) groups is 1. The van der Waals surface area contributed by atoms with E-state index in [0.29, 0.717) is 5.56 Å². The lowest BCUT2D eigenvalue weighted by atomic mass is 10.1. The van der Waals surface area contributed by atoms with Gasteiger partial charge in [-0.1, -0.05) is 18.2 Å². The van der Waals surface area contributed by atoms with Crippen molar-refractivity contribution >= 4 is 12.0 Å². The summed E-state index contributed by atoms with van der Waals surface area (Å²) in [6.45, 7) is 0.231. The van der Waals surface area contributed by atoms with E-state index >= 15 is 0 Å². The van der Waals surface area contributed by atoms with Gasteiger partial charge in [0.2, 0.25) is 5.91 Å². The predicted molar refractivity (Wildman–Crippen MR) is 81.2 cm³/mol. The van der Waals surface area contributed by atoms with Crippen LogP contribution in [0.25, 0.3) is 6.08 Å². The van der Waals surface area contributed by atoms with Crippen molar-refractivity contribution in [3.05, 3.63) is 71.6 Å². The molecule has 0 aliphatic heterocycles. The van der Waals surface area contributed by atoms with Crippen LogP contribution in [-0.2, 0) is 17.5 Å². The van der Waals surface area contributed by atoms with E-state index in [4.69, 9.17) is 0 Å². The monoisotopic (exact) mass is 320 g/mol. The summed E-state index contributed by atoms with van der Waals surface area (Å²) in [6.07, 6.45) is 1.95. The normalized spacial score (nSPS) is 11.7. The zero-order valence-electron chi connectivity index (χ0n) is 12.4. The van der Waals surface area contributed by atoms with Gasteiger partial charge in [0.1, 0.15) is 0 Å². The molecule has 0 saturated heterocycles. The lowest BCUT2D eigenvalue weighted by Gasteiger charge is -2.15. The fourth-order valence-corrected chi connectivity index (χ4v) is 1.92. The van der Waals surface area contributed by atoms with Crippen molar-refractivity contribution < 1.29 is 18.0 Å². The van der Waals surface area contributed by atoms with Gasteiger partial charge in [-0.25, -0.2) is 0 Å². The second kappa shape index (κ2) is 7.09. The molecule has 0 aliphatic rings. The zero-order chi connectivity index (χ0) is 16.9. The Labute approximate surface area is 132 Å². The van der Waals surface area contributed by atoms with Crippen LogP contribution >= 0.6 is 0 Å². The van der Waals surface area contributed by atoms with Crippen molar-refractivity contribution in [2.75, 3.05) is 7.05 Å². The molecule has 0 unspecified atom stereocenters. The Morgan fingerprint density at radius 1 is 1.22 bits per heavy atom. The summed E-state index contributed by atoms with van der Waals surface area (Å²) in [5, 5.41) is 0. The van der Waals surface area contributed by atoms with E-state index < -0.39 is 11.7 Å². The van der Waals surface area contributed by atoms with E-state index in [0.717, 1.165) is 17.7 Å². The molecule has 0 atom stereocenters. The molecule has 1 aromatic heterocycles. The smallest absolute Gasteiger partial charge is 0.338 e. The van der Waals surface area contributed by atoms with Crippen molar-refractivity contribution in [3.8, 4) is 0 Å². The Balaban J connectivity index is 1.97. The molecule has 0 spiro atoms. The third-order valence-electron chi connectivity index (χ3n) is 3.18. The molecule has 1 aromatic carbocycles. The molecular weight excluding hydrogens is 305 g/mol. The first-order chi connectivity index (χ1) is 10.9. The van der Waals surface area contributed by atoms with Crippen molar-refractivity contribution in [1.82, 2.24) is 9.88 Å². The van der Waals surface area contributed by atoms with E-state index in [2.05, 4.69) is 4.98 Å². The molecule has 23 heavy (non-hydrogen) atoms. The van der Waals surface area contributed by atoms with Crippen molar-refractivity contribution in [2.45, 2.75) is 12.7 Å².